The highest BCUT2D eigenvalue weighted by Crippen LogP contribution is 2.20. The molecule has 1 atom stereocenters. The summed E-state index contributed by atoms with van der Waals surface area (Å²) < 4.78 is 2.97. The fourth-order valence-corrected chi connectivity index (χ4v) is 3.86. The van der Waals surface area contributed by atoms with Gasteiger partial charge < -0.3 is 15.7 Å². The first kappa shape index (κ1) is 26.6. The lowest BCUT2D eigenvalue weighted by molar-refractivity contribution is -0.123. The Morgan fingerprint density at radius 1 is 1.16 bits per heavy atom. The van der Waals surface area contributed by atoms with Gasteiger partial charge in [0.2, 0.25) is 11.8 Å². The first-order chi connectivity index (χ1) is 18.2. The summed E-state index contributed by atoms with van der Waals surface area (Å²) in [5.41, 5.74) is 2.16. The maximum atomic E-state index is 13.1. The van der Waals surface area contributed by atoms with Gasteiger partial charge in [-0.2, -0.15) is 9.78 Å². The number of amides is 2. The van der Waals surface area contributed by atoms with Crippen molar-refractivity contribution in [2.45, 2.75) is 17.5 Å². The van der Waals surface area contributed by atoms with Crippen LogP contribution in [0.1, 0.15) is 21.6 Å². The number of aryl methyl sites for hydroxylation is 1. The smallest absolute Gasteiger partial charge is 0.335 e. The molecule has 2 aromatic heterocycles. The van der Waals surface area contributed by atoms with E-state index in [2.05, 4.69) is 43.9 Å². The molecule has 0 unspecified atom stereocenters. The van der Waals surface area contributed by atoms with Crippen molar-refractivity contribution in [1.82, 2.24) is 35.3 Å². The fourth-order valence-electron chi connectivity index (χ4n) is 3.48. The molecule has 0 aliphatic rings. The number of benzene rings is 2. The number of carboxylic acids is 1. The molecular weight excluding hydrogens is 532 g/mol. The number of rotatable bonds is 9. The molecule has 2 aromatic carbocycles. The van der Waals surface area contributed by atoms with Gasteiger partial charge in [-0.3, -0.25) is 14.3 Å². The molecule has 0 fully saturated rings. The topological polar surface area (TPSA) is 157 Å². The Labute approximate surface area is 226 Å². The van der Waals surface area contributed by atoms with Gasteiger partial charge >= 0.3 is 5.97 Å². The lowest BCUT2D eigenvalue weighted by Gasteiger charge is -2.17. The van der Waals surface area contributed by atoms with Crippen LogP contribution in [0.25, 0.3) is 11.8 Å². The van der Waals surface area contributed by atoms with Crippen molar-refractivity contribution in [3.8, 4) is 5.69 Å². The van der Waals surface area contributed by atoms with Crippen molar-refractivity contribution in [1.29, 1.82) is 0 Å². The second-order valence-corrected chi connectivity index (χ2v) is 8.94. The molecule has 4 rings (SSSR count). The Balaban J connectivity index is 1.53. The van der Waals surface area contributed by atoms with Crippen molar-refractivity contribution in [3.63, 3.8) is 0 Å². The predicted octanol–water partition coefficient (Wildman–Crippen LogP) is 2.42. The highest BCUT2D eigenvalue weighted by Gasteiger charge is 2.22. The molecule has 0 saturated heterocycles. The molecule has 0 spiro atoms. The minimum atomic E-state index is -1.08. The Hall–Kier alpha value is -4.49. The van der Waals surface area contributed by atoms with Gasteiger partial charge in [-0.25, -0.2) is 4.79 Å². The van der Waals surface area contributed by atoms with Gasteiger partial charge in [0.25, 0.3) is 0 Å². The largest absolute Gasteiger partial charge is 0.478 e. The summed E-state index contributed by atoms with van der Waals surface area (Å²) in [6, 6.07) is 11.4. The maximum Gasteiger partial charge on any atom is 0.335 e. The molecule has 4 aromatic rings. The molecule has 14 heteroatoms. The lowest BCUT2D eigenvalue weighted by atomic mass is 10.1. The Morgan fingerprint density at radius 3 is 2.55 bits per heavy atom. The zero-order chi connectivity index (χ0) is 27.2. The van der Waals surface area contributed by atoms with Crippen LogP contribution in [0.5, 0.6) is 0 Å². The Kier molecular flexibility index (Phi) is 8.19. The molecule has 0 radical (unpaired) electrons. The third-order valence-electron chi connectivity index (χ3n) is 5.35. The van der Waals surface area contributed by atoms with Gasteiger partial charge in [-0.15, -0.1) is 17.7 Å². The molecule has 38 heavy (non-hydrogen) atoms. The van der Waals surface area contributed by atoms with E-state index < -0.39 is 23.8 Å². The van der Waals surface area contributed by atoms with Crippen LogP contribution in [-0.4, -0.2) is 58.9 Å². The van der Waals surface area contributed by atoms with E-state index in [1.807, 2.05) is 0 Å². The Morgan fingerprint density at radius 2 is 1.92 bits per heavy atom. The fraction of sp³-hybridized carbons (Fsp3) is 0.125. The standard InChI is InChI=1S/C24H21ClN8O4S/c1-32-22(38)12-18(29-32)11-19(23(35)27-17-6-2-14(3-7-17)24(36)37)28-21(34)9-4-15-10-16(25)5-8-20(15)33-13-26-30-31-33/h2-10,12-13,19,38H,11H2,1H3,(H,27,35)(H,28,34)(H,36,37)/b9-4+/t19-/m0/s1. The van der Waals surface area contributed by atoms with Crippen LogP contribution in [0.4, 0.5) is 5.69 Å². The number of hydrogen-bond acceptors (Lipinski definition) is 8. The van der Waals surface area contributed by atoms with Crippen molar-refractivity contribution >= 4 is 53.8 Å². The van der Waals surface area contributed by atoms with Gasteiger partial charge in [0.1, 0.15) is 12.4 Å². The van der Waals surface area contributed by atoms with Crippen LogP contribution in [0.2, 0.25) is 5.02 Å². The van der Waals surface area contributed by atoms with Crippen LogP contribution in [0.3, 0.4) is 0 Å². The van der Waals surface area contributed by atoms with Gasteiger partial charge in [0.05, 0.1) is 22.0 Å². The highest BCUT2D eigenvalue weighted by atomic mass is 35.5. The summed E-state index contributed by atoms with van der Waals surface area (Å²) in [6.07, 6.45) is 4.29. The third-order valence-corrected chi connectivity index (χ3v) is 6.00. The SMILES string of the molecule is Cn1nc(C[C@H](NC(=O)/C=C/c2cc(Cl)ccc2-n2cnnn2)C(=O)Nc2ccc(C(=O)O)cc2)cc1S. The van der Waals surface area contributed by atoms with Gasteiger partial charge in [-0.1, -0.05) is 11.6 Å². The van der Waals surface area contributed by atoms with E-state index in [0.29, 0.717) is 32.7 Å². The number of anilines is 1. The number of hydrogen-bond donors (Lipinski definition) is 4. The van der Waals surface area contributed by atoms with Crippen molar-refractivity contribution in [3.05, 3.63) is 82.8 Å². The van der Waals surface area contributed by atoms with Gasteiger partial charge in [0.15, 0.2) is 0 Å². The van der Waals surface area contributed by atoms with Crippen molar-refractivity contribution < 1.29 is 19.5 Å². The number of halogens is 1. The second kappa shape index (κ2) is 11.7. The maximum absolute atomic E-state index is 13.1. The number of thiol groups is 1. The van der Waals surface area contributed by atoms with Gasteiger partial charge in [-0.05, 0) is 65.0 Å². The second-order valence-electron chi connectivity index (χ2n) is 8.05. The summed E-state index contributed by atoms with van der Waals surface area (Å²) >= 11 is 10.4. The van der Waals surface area contributed by atoms with Crippen LogP contribution in [0.15, 0.2) is 66.0 Å². The van der Waals surface area contributed by atoms with Crippen LogP contribution in [-0.2, 0) is 23.1 Å². The van der Waals surface area contributed by atoms with E-state index in [-0.39, 0.29) is 12.0 Å². The molecule has 0 aliphatic heterocycles. The normalized spacial score (nSPS) is 11.9. The molecule has 3 N–H and O–H groups in total. The number of nitrogens with one attached hydrogen (secondary N) is 2. The van der Waals surface area contributed by atoms with Crippen molar-refractivity contribution in [2.75, 3.05) is 5.32 Å². The number of tetrazole rings is 1. The first-order valence-electron chi connectivity index (χ1n) is 11.1. The molecule has 194 valence electrons. The summed E-state index contributed by atoms with van der Waals surface area (Å²) in [6.45, 7) is 0. The number of carbonyl (C=O) groups excluding carboxylic acids is 2. The molecular formula is C24H21ClN8O4S. The van der Waals surface area contributed by atoms with Gasteiger partial charge in [0, 0.05) is 35.8 Å². The van der Waals surface area contributed by atoms with E-state index in [1.165, 1.54) is 47.4 Å². The number of aromatic nitrogens is 6. The minimum Gasteiger partial charge on any atom is -0.478 e. The number of nitrogens with zero attached hydrogens (tertiary/aromatic N) is 6. The number of carboxylic acid groups (broad SMARTS) is 1. The van der Waals surface area contributed by atoms with Crippen LogP contribution < -0.4 is 10.6 Å². The molecule has 2 amide bonds. The molecule has 0 saturated carbocycles. The van der Waals surface area contributed by atoms with E-state index >= 15 is 0 Å². The Bertz CT molecular complexity index is 1480. The zero-order valence-electron chi connectivity index (χ0n) is 19.8. The average Bonchev–Trinajstić information content (AvgIpc) is 3.52. The summed E-state index contributed by atoms with van der Waals surface area (Å²) in [4.78, 5) is 37.1. The zero-order valence-corrected chi connectivity index (χ0v) is 21.5. The number of carbonyl (C=O) groups is 3. The number of aromatic carboxylic acids is 1. The molecule has 2 heterocycles. The summed E-state index contributed by atoms with van der Waals surface area (Å²) in [5, 5.41) is 30.9. The van der Waals surface area contributed by atoms with Crippen LogP contribution >= 0.6 is 24.2 Å². The van der Waals surface area contributed by atoms with E-state index in [1.54, 1.807) is 36.0 Å². The molecule has 0 bridgehead atoms. The minimum absolute atomic E-state index is 0.0786. The highest BCUT2D eigenvalue weighted by molar-refractivity contribution is 7.80. The van der Waals surface area contributed by atoms with E-state index in [4.69, 9.17) is 16.7 Å². The summed E-state index contributed by atoms with van der Waals surface area (Å²) in [5.74, 6) is -2.14. The lowest BCUT2D eigenvalue weighted by Crippen LogP contribution is -2.44. The summed E-state index contributed by atoms with van der Waals surface area (Å²) in [7, 11) is 1.71. The van der Waals surface area contributed by atoms with E-state index in [0.717, 1.165) is 0 Å². The molecule has 0 aliphatic carbocycles. The van der Waals surface area contributed by atoms with Crippen LogP contribution in [0, 0.1) is 0 Å². The monoisotopic (exact) mass is 552 g/mol. The predicted molar refractivity (Wildman–Crippen MR) is 141 cm³/mol. The quantitative estimate of drug-likeness (QED) is 0.182. The van der Waals surface area contributed by atoms with Crippen molar-refractivity contribution in [2.24, 2.45) is 7.05 Å². The van der Waals surface area contributed by atoms with E-state index in [9.17, 15) is 14.4 Å². The first-order valence-corrected chi connectivity index (χ1v) is 11.9. The molecule has 12 nitrogen and oxygen atoms in total. The average molecular weight is 553 g/mol. The third kappa shape index (κ3) is 6.63.